The lowest BCUT2D eigenvalue weighted by atomic mass is 10.0. The summed E-state index contributed by atoms with van der Waals surface area (Å²) < 4.78 is 1.15. The molecule has 1 unspecified atom stereocenters. The van der Waals surface area contributed by atoms with E-state index in [1.54, 1.807) is 11.3 Å². The van der Waals surface area contributed by atoms with Crippen LogP contribution in [-0.4, -0.2) is 31.1 Å². The van der Waals surface area contributed by atoms with Gasteiger partial charge in [0.05, 0.1) is 19.9 Å². The van der Waals surface area contributed by atoms with Crippen LogP contribution in [-0.2, 0) is 0 Å². The summed E-state index contributed by atoms with van der Waals surface area (Å²) >= 11 is 17.7. The van der Waals surface area contributed by atoms with E-state index in [0.717, 1.165) is 36.4 Å². The Labute approximate surface area is 153 Å². The van der Waals surface area contributed by atoms with Crippen molar-refractivity contribution in [1.82, 2.24) is 10.2 Å². The lowest BCUT2D eigenvalue weighted by molar-refractivity contribution is 0.244. The van der Waals surface area contributed by atoms with E-state index in [4.69, 9.17) is 23.2 Å². The minimum Gasteiger partial charge on any atom is -0.315 e. The second-order valence-electron chi connectivity index (χ2n) is 5.36. The van der Waals surface area contributed by atoms with Crippen LogP contribution in [0.5, 0.6) is 0 Å². The van der Waals surface area contributed by atoms with E-state index in [2.05, 4.69) is 44.3 Å². The normalized spacial score (nSPS) is 18.1. The van der Waals surface area contributed by atoms with Gasteiger partial charge >= 0.3 is 0 Å². The Morgan fingerprint density at radius 1 is 1.09 bits per heavy atom. The second kappa shape index (κ2) is 7.65. The van der Waals surface area contributed by atoms with E-state index in [9.17, 15) is 0 Å². The van der Waals surface area contributed by atoms with Crippen LogP contribution < -0.4 is 5.32 Å². The van der Waals surface area contributed by atoms with Gasteiger partial charge in [0.25, 0.3) is 0 Å². The third-order valence-corrected chi connectivity index (χ3v) is 6.28. The zero-order valence-corrected chi connectivity index (χ0v) is 15.9. The molecule has 6 heteroatoms. The van der Waals surface area contributed by atoms with Crippen molar-refractivity contribution in [1.29, 1.82) is 0 Å². The Kier molecular flexibility index (Phi) is 5.82. The molecule has 3 rings (SSSR count). The first-order valence-electron chi connectivity index (χ1n) is 7.30. The maximum atomic E-state index is 6.25. The molecule has 0 saturated carbocycles. The van der Waals surface area contributed by atoms with E-state index >= 15 is 0 Å². The maximum Gasteiger partial charge on any atom is 0.0702 e. The molecular weight excluding hydrogens is 403 g/mol. The molecule has 0 spiro atoms. The van der Waals surface area contributed by atoms with Crippen molar-refractivity contribution < 1.29 is 0 Å². The quantitative estimate of drug-likeness (QED) is 0.735. The van der Waals surface area contributed by atoms with Gasteiger partial charge in [-0.3, -0.25) is 4.90 Å². The molecule has 0 radical (unpaired) electrons. The molecule has 1 aromatic heterocycles. The summed E-state index contributed by atoms with van der Waals surface area (Å²) in [6, 6.07) is 10.5. The molecule has 1 saturated heterocycles. The van der Waals surface area contributed by atoms with Crippen molar-refractivity contribution in [3.8, 4) is 0 Å². The molecule has 22 heavy (non-hydrogen) atoms. The molecule has 2 aromatic rings. The third kappa shape index (κ3) is 3.86. The summed E-state index contributed by atoms with van der Waals surface area (Å²) in [6.07, 6.45) is 1.16. The summed E-state index contributed by atoms with van der Waals surface area (Å²) in [6.45, 7) is 4.21. The first kappa shape index (κ1) is 16.7. The molecule has 118 valence electrons. The number of nitrogens with one attached hydrogen (secondary N) is 1. The first-order chi connectivity index (χ1) is 10.6. The zero-order valence-electron chi connectivity index (χ0n) is 12.0. The molecule has 1 fully saturated rings. The SMILES string of the molecule is Clc1ccc(C(c2ccc(Br)s2)N2CCCNCC2)cc1Cl. The van der Waals surface area contributed by atoms with Gasteiger partial charge in [0.2, 0.25) is 0 Å². The largest absolute Gasteiger partial charge is 0.315 e. The number of hydrogen-bond donors (Lipinski definition) is 1. The highest BCUT2D eigenvalue weighted by Crippen LogP contribution is 2.37. The van der Waals surface area contributed by atoms with Crippen molar-refractivity contribution in [2.45, 2.75) is 12.5 Å². The fraction of sp³-hybridized carbons (Fsp3) is 0.375. The monoisotopic (exact) mass is 418 g/mol. The average Bonchev–Trinajstić information content (AvgIpc) is 2.75. The lowest BCUT2D eigenvalue weighted by Crippen LogP contribution is -2.32. The minimum atomic E-state index is 0.228. The lowest BCUT2D eigenvalue weighted by Gasteiger charge is -2.30. The maximum absolute atomic E-state index is 6.25. The highest BCUT2D eigenvalue weighted by molar-refractivity contribution is 9.11. The Morgan fingerprint density at radius 3 is 2.68 bits per heavy atom. The summed E-state index contributed by atoms with van der Waals surface area (Å²) in [5.41, 5.74) is 1.20. The smallest absolute Gasteiger partial charge is 0.0702 e. The predicted octanol–water partition coefficient (Wildman–Crippen LogP) is 5.20. The van der Waals surface area contributed by atoms with Crippen molar-refractivity contribution >= 4 is 50.5 Å². The van der Waals surface area contributed by atoms with Gasteiger partial charge in [-0.2, -0.15) is 0 Å². The molecule has 1 aliphatic heterocycles. The Bertz CT molecular complexity index is 639. The van der Waals surface area contributed by atoms with Gasteiger partial charge in [0.1, 0.15) is 0 Å². The molecule has 1 N–H and O–H groups in total. The third-order valence-electron chi connectivity index (χ3n) is 3.86. The van der Waals surface area contributed by atoms with Crippen LogP contribution in [0, 0.1) is 0 Å². The first-order valence-corrected chi connectivity index (χ1v) is 9.66. The molecule has 0 aliphatic carbocycles. The standard InChI is InChI=1S/C16H17BrCl2N2S/c17-15-5-4-14(22-15)16(21-8-1-6-20-7-9-21)11-2-3-12(18)13(19)10-11/h2-5,10,16,20H,1,6-9H2. The van der Waals surface area contributed by atoms with Gasteiger partial charge < -0.3 is 5.32 Å². The topological polar surface area (TPSA) is 15.3 Å². The Hall–Kier alpha value is -0.100. The summed E-state index contributed by atoms with van der Waals surface area (Å²) in [5, 5.41) is 4.69. The van der Waals surface area contributed by atoms with E-state index in [0.29, 0.717) is 10.0 Å². The summed E-state index contributed by atoms with van der Waals surface area (Å²) in [5.74, 6) is 0. The number of halogens is 3. The van der Waals surface area contributed by atoms with Gasteiger partial charge in [-0.25, -0.2) is 0 Å². The second-order valence-corrected chi connectivity index (χ2v) is 8.67. The van der Waals surface area contributed by atoms with Crippen LogP contribution in [0.2, 0.25) is 10.0 Å². The van der Waals surface area contributed by atoms with Crippen LogP contribution in [0.3, 0.4) is 0 Å². The Morgan fingerprint density at radius 2 is 1.95 bits per heavy atom. The van der Waals surface area contributed by atoms with Crippen molar-refractivity contribution in [2.24, 2.45) is 0 Å². The van der Waals surface area contributed by atoms with Crippen LogP contribution in [0.4, 0.5) is 0 Å². The molecule has 2 heterocycles. The molecular formula is C16H17BrCl2N2S. The van der Waals surface area contributed by atoms with Crippen molar-refractivity contribution in [3.63, 3.8) is 0 Å². The fourth-order valence-electron chi connectivity index (χ4n) is 2.84. The Balaban J connectivity index is 1.99. The summed E-state index contributed by atoms with van der Waals surface area (Å²) in [7, 11) is 0. The number of rotatable bonds is 3. The minimum absolute atomic E-state index is 0.228. The average molecular weight is 420 g/mol. The van der Waals surface area contributed by atoms with E-state index in [-0.39, 0.29) is 6.04 Å². The molecule has 1 aromatic carbocycles. The van der Waals surface area contributed by atoms with Gasteiger partial charge in [0.15, 0.2) is 0 Å². The molecule has 0 amide bonds. The van der Waals surface area contributed by atoms with Crippen LogP contribution in [0.15, 0.2) is 34.1 Å². The predicted molar refractivity (Wildman–Crippen MR) is 99.4 cm³/mol. The van der Waals surface area contributed by atoms with Crippen LogP contribution in [0.1, 0.15) is 22.9 Å². The highest BCUT2D eigenvalue weighted by atomic mass is 79.9. The molecule has 1 aliphatic rings. The van der Waals surface area contributed by atoms with Gasteiger partial charge in [-0.1, -0.05) is 29.3 Å². The molecule has 2 nitrogen and oxygen atoms in total. The van der Waals surface area contributed by atoms with E-state index < -0.39 is 0 Å². The zero-order chi connectivity index (χ0) is 15.5. The van der Waals surface area contributed by atoms with Gasteiger partial charge in [-0.15, -0.1) is 11.3 Å². The van der Waals surface area contributed by atoms with Crippen LogP contribution in [0.25, 0.3) is 0 Å². The van der Waals surface area contributed by atoms with E-state index in [1.165, 1.54) is 10.4 Å². The van der Waals surface area contributed by atoms with Crippen LogP contribution >= 0.6 is 50.5 Å². The van der Waals surface area contributed by atoms with E-state index in [1.807, 2.05) is 12.1 Å². The fourth-order valence-corrected chi connectivity index (χ4v) is 4.73. The number of thiophene rings is 1. The van der Waals surface area contributed by atoms with Gasteiger partial charge in [0, 0.05) is 24.5 Å². The van der Waals surface area contributed by atoms with Crippen molar-refractivity contribution in [2.75, 3.05) is 26.2 Å². The highest BCUT2D eigenvalue weighted by Gasteiger charge is 2.25. The molecule has 1 atom stereocenters. The molecule has 0 bridgehead atoms. The number of benzene rings is 1. The number of nitrogens with zero attached hydrogens (tertiary/aromatic N) is 1. The van der Waals surface area contributed by atoms with Gasteiger partial charge in [-0.05, 0) is 58.7 Å². The summed E-state index contributed by atoms with van der Waals surface area (Å²) in [4.78, 5) is 3.85. The van der Waals surface area contributed by atoms with Crippen molar-refractivity contribution in [3.05, 3.63) is 54.6 Å². The number of hydrogen-bond acceptors (Lipinski definition) is 3.